The molecule has 0 fully saturated rings. The van der Waals surface area contributed by atoms with Gasteiger partial charge in [0.05, 0.1) is 11.9 Å². The first kappa shape index (κ1) is 17.4. The highest BCUT2D eigenvalue weighted by Crippen LogP contribution is 2.28. The zero-order valence-electron chi connectivity index (χ0n) is 12.1. The summed E-state index contributed by atoms with van der Waals surface area (Å²) in [5.41, 5.74) is 4.73. The number of pyridine rings is 1. The van der Waals surface area contributed by atoms with Gasteiger partial charge in [0.25, 0.3) is 0 Å². The van der Waals surface area contributed by atoms with Gasteiger partial charge in [-0.1, -0.05) is 13.8 Å². The van der Waals surface area contributed by atoms with E-state index < -0.39 is 11.9 Å². The second kappa shape index (κ2) is 6.89. The lowest BCUT2D eigenvalue weighted by Crippen LogP contribution is -2.20. The fourth-order valence-corrected chi connectivity index (χ4v) is 1.83. The van der Waals surface area contributed by atoms with E-state index in [1.54, 1.807) is 0 Å². The van der Waals surface area contributed by atoms with Crippen LogP contribution in [0.15, 0.2) is 18.3 Å². The number of aromatic nitrogens is 1. The monoisotopic (exact) mass is 303 g/mol. The van der Waals surface area contributed by atoms with Crippen molar-refractivity contribution in [3.05, 3.63) is 24.0 Å². The van der Waals surface area contributed by atoms with Crippen molar-refractivity contribution >= 4 is 11.6 Å². The van der Waals surface area contributed by atoms with Gasteiger partial charge in [0, 0.05) is 6.42 Å². The van der Waals surface area contributed by atoms with E-state index in [1.807, 2.05) is 13.8 Å². The predicted molar refractivity (Wildman–Crippen MR) is 74.6 cm³/mol. The third-order valence-electron chi connectivity index (χ3n) is 3.19. The van der Waals surface area contributed by atoms with Crippen LogP contribution in [0, 0.1) is 5.41 Å². The fraction of sp³-hybridized carbons (Fsp3) is 0.571. The van der Waals surface area contributed by atoms with Crippen LogP contribution < -0.4 is 11.1 Å². The first-order chi connectivity index (χ1) is 9.64. The highest BCUT2D eigenvalue weighted by molar-refractivity contribution is 5.90. The van der Waals surface area contributed by atoms with Crippen LogP contribution in [0.2, 0.25) is 0 Å². The molecule has 0 saturated heterocycles. The highest BCUT2D eigenvalue weighted by Gasteiger charge is 2.32. The van der Waals surface area contributed by atoms with Gasteiger partial charge < -0.3 is 11.1 Å². The van der Waals surface area contributed by atoms with Gasteiger partial charge in [-0.05, 0) is 36.9 Å². The van der Waals surface area contributed by atoms with Gasteiger partial charge in [-0.15, -0.1) is 0 Å². The summed E-state index contributed by atoms with van der Waals surface area (Å²) in [5, 5.41) is 2.54. The van der Waals surface area contributed by atoms with Crippen molar-refractivity contribution in [2.75, 3.05) is 11.9 Å². The van der Waals surface area contributed by atoms with Gasteiger partial charge in [0.2, 0.25) is 5.91 Å². The number of anilines is 1. The Labute approximate surface area is 121 Å². The smallest absolute Gasteiger partial charge is 0.330 e. The number of halogens is 3. The lowest BCUT2D eigenvalue weighted by atomic mass is 9.84. The molecule has 7 heteroatoms. The molecule has 1 aromatic rings. The minimum atomic E-state index is -4.48. The van der Waals surface area contributed by atoms with Crippen LogP contribution in [0.5, 0.6) is 0 Å². The number of rotatable bonds is 6. The number of nitrogens with one attached hydrogen (secondary N) is 1. The molecular formula is C14H20F3N3O. The molecule has 0 unspecified atom stereocenters. The van der Waals surface area contributed by atoms with Crippen LogP contribution >= 0.6 is 0 Å². The largest absolute Gasteiger partial charge is 0.433 e. The predicted octanol–water partition coefficient (Wildman–Crippen LogP) is 3.19. The van der Waals surface area contributed by atoms with Crippen molar-refractivity contribution in [1.82, 2.24) is 4.98 Å². The molecular weight excluding hydrogens is 283 g/mol. The van der Waals surface area contributed by atoms with Crippen LogP contribution in [0.3, 0.4) is 0 Å². The summed E-state index contributed by atoms with van der Waals surface area (Å²) in [4.78, 5) is 15.0. The van der Waals surface area contributed by atoms with Gasteiger partial charge in [-0.3, -0.25) is 4.79 Å². The zero-order valence-corrected chi connectivity index (χ0v) is 12.1. The quantitative estimate of drug-likeness (QED) is 0.848. The third kappa shape index (κ3) is 6.12. The Morgan fingerprint density at radius 2 is 1.95 bits per heavy atom. The molecule has 0 aliphatic carbocycles. The molecule has 3 N–H and O–H groups in total. The Morgan fingerprint density at radius 1 is 1.29 bits per heavy atom. The maximum Gasteiger partial charge on any atom is 0.433 e. The zero-order chi connectivity index (χ0) is 16.1. The molecule has 1 amide bonds. The second-order valence-electron chi connectivity index (χ2n) is 5.68. The number of amides is 1. The molecule has 4 nitrogen and oxygen atoms in total. The van der Waals surface area contributed by atoms with E-state index in [9.17, 15) is 18.0 Å². The number of carbonyl (C=O) groups is 1. The van der Waals surface area contributed by atoms with Gasteiger partial charge in [0.15, 0.2) is 0 Å². The summed E-state index contributed by atoms with van der Waals surface area (Å²) in [5.74, 6) is -0.248. The molecule has 118 valence electrons. The number of nitrogens with zero attached hydrogens (tertiary/aromatic N) is 1. The fourth-order valence-electron chi connectivity index (χ4n) is 1.83. The van der Waals surface area contributed by atoms with E-state index in [-0.39, 0.29) is 23.4 Å². The molecule has 0 atom stereocenters. The molecule has 1 heterocycles. The Kier molecular flexibility index (Phi) is 5.71. The number of alkyl halides is 3. The lowest BCUT2D eigenvalue weighted by Gasteiger charge is -2.23. The van der Waals surface area contributed by atoms with Crippen LogP contribution in [0.25, 0.3) is 0 Å². The Bertz CT molecular complexity index is 469. The van der Waals surface area contributed by atoms with E-state index in [2.05, 4.69) is 10.3 Å². The normalized spacial score (nSPS) is 12.3. The molecule has 0 aliphatic rings. The topological polar surface area (TPSA) is 68.0 Å². The van der Waals surface area contributed by atoms with Gasteiger partial charge in [-0.2, -0.15) is 13.2 Å². The summed E-state index contributed by atoms with van der Waals surface area (Å²) >= 11 is 0. The lowest BCUT2D eigenvalue weighted by molar-refractivity contribution is -0.141. The van der Waals surface area contributed by atoms with E-state index in [0.717, 1.165) is 18.7 Å². The summed E-state index contributed by atoms with van der Waals surface area (Å²) in [6.07, 6.45) is -1.72. The molecule has 0 saturated carbocycles. The van der Waals surface area contributed by atoms with E-state index >= 15 is 0 Å². The van der Waals surface area contributed by atoms with Gasteiger partial charge in [-0.25, -0.2) is 4.98 Å². The van der Waals surface area contributed by atoms with Crippen LogP contribution in [-0.4, -0.2) is 17.4 Å². The summed E-state index contributed by atoms with van der Waals surface area (Å²) in [6, 6.07) is 2.03. The standard InChI is InChI=1S/C14H20F3N3O/c1-13(2,7-8-18)6-5-12(21)20-10-3-4-11(19-9-10)14(15,16)17/h3-4,9H,5-8,18H2,1-2H3,(H,20,21). The minimum absolute atomic E-state index is 0.0372. The summed E-state index contributed by atoms with van der Waals surface area (Å²) < 4.78 is 37.0. The van der Waals surface area contributed by atoms with E-state index in [4.69, 9.17) is 5.73 Å². The summed E-state index contributed by atoms with van der Waals surface area (Å²) in [6.45, 7) is 4.59. The Balaban J connectivity index is 2.52. The Hall–Kier alpha value is -1.63. The number of nitrogens with two attached hydrogens (primary N) is 1. The van der Waals surface area contributed by atoms with Crippen LogP contribution in [0.1, 0.15) is 38.8 Å². The van der Waals surface area contributed by atoms with Gasteiger partial charge >= 0.3 is 6.18 Å². The first-order valence-electron chi connectivity index (χ1n) is 6.67. The van der Waals surface area contributed by atoms with E-state index in [0.29, 0.717) is 13.0 Å². The number of hydrogen-bond donors (Lipinski definition) is 2. The molecule has 1 rings (SSSR count). The molecule has 1 aromatic heterocycles. The van der Waals surface area contributed by atoms with Gasteiger partial charge in [0.1, 0.15) is 5.69 Å². The molecule has 21 heavy (non-hydrogen) atoms. The van der Waals surface area contributed by atoms with Crippen molar-refractivity contribution in [2.45, 2.75) is 39.3 Å². The molecule has 0 aliphatic heterocycles. The third-order valence-corrected chi connectivity index (χ3v) is 3.19. The molecule has 0 spiro atoms. The maximum absolute atomic E-state index is 12.3. The average molecular weight is 303 g/mol. The molecule has 0 bridgehead atoms. The maximum atomic E-state index is 12.3. The minimum Gasteiger partial charge on any atom is -0.330 e. The number of hydrogen-bond acceptors (Lipinski definition) is 3. The van der Waals surface area contributed by atoms with Crippen molar-refractivity contribution < 1.29 is 18.0 Å². The van der Waals surface area contributed by atoms with Crippen molar-refractivity contribution in [2.24, 2.45) is 11.1 Å². The van der Waals surface area contributed by atoms with Crippen molar-refractivity contribution in [3.8, 4) is 0 Å². The van der Waals surface area contributed by atoms with Crippen molar-refractivity contribution in [1.29, 1.82) is 0 Å². The second-order valence-corrected chi connectivity index (χ2v) is 5.68. The Morgan fingerprint density at radius 3 is 2.43 bits per heavy atom. The summed E-state index contributed by atoms with van der Waals surface area (Å²) in [7, 11) is 0. The van der Waals surface area contributed by atoms with E-state index in [1.165, 1.54) is 6.07 Å². The first-order valence-corrected chi connectivity index (χ1v) is 6.67. The van der Waals surface area contributed by atoms with Crippen LogP contribution in [0.4, 0.5) is 18.9 Å². The molecule has 0 radical (unpaired) electrons. The highest BCUT2D eigenvalue weighted by atomic mass is 19.4. The van der Waals surface area contributed by atoms with Crippen molar-refractivity contribution in [3.63, 3.8) is 0 Å². The van der Waals surface area contributed by atoms with Crippen LogP contribution in [-0.2, 0) is 11.0 Å². The number of carbonyl (C=O) groups excluding carboxylic acids is 1. The SMILES string of the molecule is CC(C)(CCN)CCC(=O)Nc1ccc(C(F)(F)F)nc1. The average Bonchev–Trinajstić information content (AvgIpc) is 2.36. The molecule has 0 aromatic carbocycles.